The summed E-state index contributed by atoms with van der Waals surface area (Å²) in [5, 5.41) is 16.8. The standard InChI is InChI=1S/C14H18N4O3S.C14H18N4O2.C13H15BrN4O2.C13H15BrN4O.C13H15ClN4O.C13H17N5O3S/c1-8(2)10-6-17-13(22(4,19)20)5-11(10)21-12-7-16-9(3)18-14(12)15;1-8(2)10-6-17-13(19-4)5-11(10)20-12-7-16-9(3)18-14(12)15;1-7(2)9-6-18(19)12(14)4-10(9)20-11-5-16-8(3)17-13(11)15;2*1-7(2)9-5-17-12(14)4-10(9)19-11-6-16-8(3)18-13(11)15;1-7(2)9-5-17-12(22(15,19)20)4-10(9)21-11-6-16-8(3)18-13(11)14/h5-8H,1-4H3,(H2,15,16,18);5-8H,1-4H3,(H2,15,16,18);4-7H,1-3H3,(H2,15,16,17);2*4-7H,1-3H3,(H2,15,16,18);4-7H,1-3H3,(H2,14,16,18)(H2,15,19,20). The first-order chi connectivity index (χ1) is 57.2. The summed E-state index contributed by atoms with van der Waals surface area (Å²) in [7, 11) is -5.80. The van der Waals surface area contributed by atoms with Crippen LogP contribution >= 0.6 is 43.5 Å². The minimum absolute atomic E-state index is 0.0569. The van der Waals surface area contributed by atoms with Gasteiger partial charge in [0.2, 0.25) is 5.88 Å². The Labute approximate surface area is 729 Å². The first-order valence-electron chi connectivity index (χ1n) is 37.3. The van der Waals surface area contributed by atoms with Crippen LogP contribution in [0.5, 0.6) is 74.9 Å². The molecule has 0 unspecified atom stereocenters. The number of ether oxygens (including phenoxy) is 7. The lowest BCUT2D eigenvalue weighted by Crippen LogP contribution is -2.28. The van der Waals surface area contributed by atoms with E-state index in [2.05, 4.69) is 144 Å². The summed E-state index contributed by atoms with van der Waals surface area (Å²) in [5.74, 6) is 11.9. The molecule has 0 atom stereocenters. The van der Waals surface area contributed by atoms with E-state index in [4.69, 9.17) is 84.3 Å². The Kier molecular flexibility index (Phi) is 34.3. The van der Waals surface area contributed by atoms with Gasteiger partial charge < -0.3 is 72.8 Å². The SMILES string of the molecule is COc1cc(Oc2cnc(C)nc2N)c(C(C)C)cn1.Cc1ncc(Oc2cc(Br)[n+]([O-])cc2C(C)C)c(N)n1.Cc1ncc(Oc2cc(Br)ncc2C(C)C)c(N)n1.Cc1ncc(Oc2cc(Cl)ncc2C(C)C)c(N)n1.Cc1ncc(Oc2cc(S(C)(=O)=O)ncc2C(C)C)c(N)n1.Cc1ncc(Oc2cc(S(N)(=O)=O)ncc2C(C)C)c(N)n1. The van der Waals surface area contributed by atoms with Crippen LogP contribution in [0.1, 0.15) is 187 Å². The number of halogens is 3. The molecule has 0 bridgehead atoms. The highest BCUT2D eigenvalue weighted by Gasteiger charge is 2.24. The van der Waals surface area contributed by atoms with Crippen molar-refractivity contribution in [3.05, 3.63) is 199 Å². The Balaban J connectivity index is 0.000000202. The van der Waals surface area contributed by atoms with E-state index in [0.29, 0.717) is 142 Å². The van der Waals surface area contributed by atoms with Crippen molar-refractivity contribution >= 4 is 98.2 Å². The normalized spacial score (nSPS) is 11.1. The lowest BCUT2D eigenvalue weighted by atomic mass is 10.0. The van der Waals surface area contributed by atoms with Gasteiger partial charge >= 0.3 is 0 Å². The molecular formula is C80H98Br2ClN25O12S2. The average Bonchev–Trinajstić information content (AvgIpc) is 0.789. The fraction of sp³-hybridized carbons (Fsp3) is 0.325. The van der Waals surface area contributed by atoms with Crippen molar-refractivity contribution in [3.8, 4) is 74.9 Å². The average molecular weight is 1860 g/mol. The van der Waals surface area contributed by atoms with E-state index in [1.54, 1.807) is 104 Å². The van der Waals surface area contributed by atoms with Crippen LogP contribution in [0.15, 0.2) is 130 Å². The van der Waals surface area contributed by atoms with Crippen LogP contribution in [0.2, 0.25) is 5.15 Å². The molecule has 0 aliphatic rings. The molecule has 0 aliphatic heterocycles. The van der Waals surface area contributed by atoms with Gasteiger partial charge in [0.25, 0.3) is 14.6 Å². The second-order valence-electron chi connectivity index (χ2n) is 28.6. The summed E-state index contributed by atoms with van der Waals surface area (Å²) in [6, 6.07) is 9.48. The number of sulfonamides is 1. The number of nitrogens with zero attached hydrogens (tertiary/aromatic N) is 18. The van der Waals surface area contributed by atoms with Crippen molar-refractivity contribution in [2.75, 3.05) is 47.8 Å². The minimum atomic E-state index is -3.93. The first kappa shape index (κ1) is 96.8. The molecule has 0 saturated heterocycles. The molecule has 0 radical (unpaired) electrons. The molecule has 0 aromatic carbocycles. The zero-order valence-corrected chi connectivity index (χ0v) is 76.4. The maximum absolute atomic E-state index is 11.7. The van der Waals surface area contributed by atoms with Crippen molar-refractivity contribution in [2.24, 2.45) is 5.14 Å². The third-order valence-electron chi connectivity index (χ3n) is 16.7. The lowest BCUT2D eigenvalue weighted by molar-refractivity contribution is -0.617. The number of aryl methyl sites for hydroxylation is 6. The Hall–Kier alpha value is -12.3. The van der Waals surface area contributed by atoms with Gasteiger partial charge in [0.05, 0.1) is 55.9 Å². The second kappa shape index (κ2) is 43.3. The Morgan fingerprint density at radius 2 is 0.615 bits per heavy atom. The number of nitrogen functional groups attached to an aromatic ring is 6. The summed E-state index contributed by atoms with van der Waals surface area (Å²) in [4.78, 5) is 68.9. The molecule has 0 aliphatic carbocycles. The smallest absolute Gasteiger partial charge is 0.262 e. The zero-order valence-electron chi connectivity index (χ0n) is 70.8. The first-order valence-corrected chi connectivity index (χ1v) is 42.7. The molecule has 12 rings (SSSR count). The highest BCUT2D eigenvalue weighted by Crippen LogP contribution is 2.40. The van der Waals surface area contributed by atoms with Gasteiger partial charge in [-0.25, -0.2) is 107 Å². The van der Waals surface area contributed by atoms with Crippen LogP contribution in [0.25, 0.3) is 0 Å². The van der Waals surface area contributed by atoms with Crippen molar-refractivity contribution < 1.29 is 54.7 Å². The minimum Gasteiger partial charge on any atom is -0.618 e. The highest BCUT2D eigenvalue weighted by molar-refractivity contribution is 9.10. The van der Waals surface area contributed by atoms with Gasteiger partial charge in [0.15, 0.2) is 95.5 Å². The molecule has 12 aromatic heterocycles. The molecule has 12 aromatic rings. The van der Waals surface area contributed by atoms with Crippen LogP contribution in [-0.4, -0.2) is 115 Å². The molecule has 0 spiro atoms. The van der Waals surface area contributed by atoms with E-state index in [1.807, 2.05) is 61.5 Å². The van der Waals surface area contributed by atoms with Gasteiger partial charge in [0, 0.05) is 111 Å². The molecule has 0 amide bonds. The fourth-order valence-corrected chi connectivity index (χ4v) is 12.1. The topological polar surface area (TPSA) is 561 Å². The molecular weight excluding hydrogens is 1760 g/mol. The fourth-order valence-electron chi connectivity index (χ4n) is 10.3. The van der Waals surface area contributed by atoms with Gasteiger partial charge in [-0.15, -0.1) is 0 Å². The van der Waals surface area contributed by atoms with Gasteiger partial charge in [-0.3, -0.25) is 0 Å². The highest BCUT2D eigenvalue weighted by atomic mass is 79.9. The molecule has 0 fully saturated rings. The Bertz CT molecular complexity index is 5670. The predicted octanol–water partition coefficient (Wildman–Crippen LogP) is 15.5. The van der Waals surface area contributed by atoms with Crippen LogP contribution in [0.4, 0.5) is 34.9 Å². The maximum Gasteiger partial charge on any atom is 0.262 e. The van der Waals surface area contributed by atoms with E-state index in [1.165, 1.54) is 49.3 Å². The van der Waals surface area contributed by atoms with Crippen molar-refractivity contribution in [2.45, 2.75) is 170 Å². The molecule has 12 heterocycles. The number of hydrogen-bond donors (Lipinski definition) is 7. The third kappa shape index (κ3) is 28.1. The monoisotopic (exact) mass is 1860 g/mol. The van der Waals surface area contributed by atoms with Crippen LogP contribution in [0.3, 0.4) is 0 Å². The summed E-state index contributed by atoms with van der Waals surface area (Å²) in [6.07, 6.45) is 19.8. The molecule has 122 heavy (non-hydrogen) atoms. The van der Waals surface area contributed by atoms with Gasteiger partial charge in [0.1, 0.15) is 79.2 Å². The lowest BCUT2D eigenvalue weighted by Gasteiger charge is -2.15. The number of rotatable bonds is 21. The van der Waals surface area contributed by atoms with E-state index in [9.17, 15) is 22.0 Å². The number of pyridine rings is 6. The maximum atomic E-state index is 11.7. The number of aromatic nitrogens is 18. The van der Waals surface area contributed by atoms with Gasteiger partial charge in [-0.05, 0) is 93.0 Å². The van der Waals surface area contributed by atoms with Crippen molar-refractivity contribution in [1.82, 2.24) is 84.7 Å². The third-order valence-corrected chi connectivity index (χ3v) is 19.7. The molecule has 42 heteroatoms. The molecule has 648 valence electrons. The summed E-state index contributed by atoms with van der Waals surface area (Å²) >= 11 is 12.4. The number of sulfone groups is 1. The summed E-state index contributed by atoms with van der Waals surface area (Å²) < 4.78 is 87.7. The number of methoxy groups -OCH3 is 1. The van der Waals surface area contributed by atoms with Crippen LogP contribution in [-0.2, 0) is 19.9 Å². The number of nitrogens with two attached hydrogens (primary N) is 7. The number of hydrogen-bond acceptors (Lipinski definition) is 35. The van der Waals surface area contributed by atoms with Gasteiger partial charge in [-0.1, -0.05) is 94.7 Å². The quantitative estimate of drug-likeness (QED) is 0.0199. The van der Waals surface area contributed by atoms with E-state index in [0.717, 1.165) is 38.8 Å². The summed E-state index contributed by atoms with van der Waals surface area (Å²) in [6.45, 7) is 34.6. The second-order valence-corrected chi connectivity index (χ2v) is 34.1. The van der Waals surface area contributed by atoms with E-state index < -0.39 is 19.9 Å². The summed E-state index contributed by atoms with van der Waals surface area (Å²) in [5.41, 5.74) is 40.1. The number of primary sulfonamides is 1. The predicted molar refractivity (Wildman–Crippen MR) is 470 cm³/mol. The van der Waals surface area contributed by atoms with Gasteiger partial charge in [-0.2, -0.15) is 4.73 Å². The van der Waals surface area contributed by atoms with Crippen molar-refractivity contribution in [3.63, 3.8) is 0 Å². The van der Waals surface area contributed by atoms with Crippen molar-refractivity contribution in [1.29, 1.82) is 0 Å². The van der Waals surface area contributed by atoms with E-state index >= 15 is 0 Å². The molecule has 37 nitrogen and oxygen atoms in total. The Morgan fingerprint density at radius 1 is 0.352 bits per heavy atom. The number of anilines is 6. The van der Waals surface area contributed by atoms with Crippen LogP contribution < -0.4 is 77.4 Å². The Morgan fingerprint density at radius 3 is 0.910 bits per heavy atom. The van der Waals surface area contributed by atoms with E-state index in [-0.39, 0.29) is 68.6 Å². The largest absolute Gasteiger partial charge is 0.618 e. The van der Waals surface area contributed by atoms with Crippen LogP contribution in [0, 0.1) is 46.7 Å². The zero-order chi connectivity index (χ0) is 90.5. The molecule has 14 N–H and O–H groups in total. The molecule has 0 saturated carbocycles.